The van der Waals surface area contributed by atoms with Crippen molar-refractivity contribution in [3.63, 3.8) is 0 Å². The van der Waals surface area contributed by atoms with Crippen molar-refractivity contribution in [1.29, 1.82) is 0 Å². The van der Waals surface area contributed by atoms with E-state index in [0.717, 1.165) is 0 Å². The number of amides is 2. The van der Waals surface area contributed by atoms with Gasteiger partial charge >= 0.3 is 0 Å². The summed E-state index contributed by atoms with van der Waals surface area (Å²) in [5.74, 6) is -1.13. The Morgan fingerprint density at radius 1 is 1.43 bits per heavy atom. The number of anilines is 1. The van der Waals surface area contributed by atoms with Gasteiger partial charge in [-0.1, -0.05) is 6.07 Å². The fourth-order valence-electron chi connectivity index (χ4n) is 2.65. The molecule has 0 saturated carbocycles. The average molecular weight is 316 g/mol. The lowest BCUT2D eigenvalue weighted by Gasteiger charge is -2.16. The number of hydrogen-bond donors (Lipinski definition) is 1. The summed E-state index contributed by atoms with van der Waals surface area (Å²) in [7, 11) is 0. The summed E-state index contributed by atoms with van der Waals surface area (Å²) in [6.45, 7) is 1.37. The van der Waals surface area contributed by atoms with E-state index in [0.29, 0.717) is 18.8 Å². The van der Waals surface area contributed by atoms with E-state index < -0.39 is 11.7 Å². The molecule has 7 heteroatoms. The predicted molar refractivity (Wildman–Crippen MR) is 82.1 cm³/mol. The molecule has 1 aliphatic heterocycles. The summed E-state index contributed by atoms with van der Waals surface area (Å²) in [5.41, 5.74) is 0.490. The van der Waals surface area contributed by atoms with Crippen LogP contribution in [0.25, 0.3) is 0 Å². The van der Waals surface area contributed by atoms with Crippen molar-refractivity contribution < 1.29 is 14.0 Å². The van der Waals surface area contributed by atoms with Gasteiger partial charge in [-0.05, 0) is 18.2 Å². The Bertz CT molecular complexity index is 702. The van der Waals surface area contributed by atoms with Gasteiger partial charge in [0.05, 0.1) is 12.2 Å². The highest BCUT2D eigenvalue weighted by Crippen LogP contribution is 2.25. The second-order valence-corrected chi connectivity index (χ2v) is 5.48. The predicted octanol–water partition coefficient (Wildman–Crippen LogP) is 1.19. The molecule has 0 radical (unpaired) electrons. The third-order valence-corrected chi connectivity index (χ3v) is 3.84. The fourth-order valence-corrected chi connectivity index (χ4v) is 2.65. The normalized spacial score (nSPS) is 17.5. The highest BCUT2D eigenvalue weighted by Gasteiger charge is 2.35. The number of hydrogen-bond acceptors (Lipinski definition) is 3. The Labute approximate surface area is 132 Å². The number of rotatable bonds is 5. The maximum absolute atomic E-state index is 13.3. The first-order valence-electron chi connectivity index (χ1n) is 7.43. The summed E-state index contributed by atoms with van der Waals surface area (Å²) >= 11 is 0. The Morgan fingerprint density at radius 2 is 2.30 bits per heavy atom. The zero-order valence-electron chi connectivity index (χ0n) is 12.5. The highest BCUT2D eigenvalue weighted by molar-refractivity contribution is 6.00. The van der Waals surface area contributed by atoms with Gasteiger partial charge in [0, 0.05) is 44.1 Å². The van der Waals surface area contributed by atoms with Gasteiger partial charge in [0.15, 0.2) is 0 Å². The molecular weight excluding hydrogens is 299 g/mol. The van der Waals surface area contributed by atoms with E-state index in [4.69, 9.17) is 0 Å². The van der Waals surface area contributed by atoms with Gasteiger partial charge < -0.3 is 14.8 Å². The molecule has 1 aromatic heterocycles. The van der Waals surface area contributed by atoms with Gasteiger partial charge in [-0.3, -0.25) is 9.59 Å². The molecule has 1 aromatic carbocycles. The van der Waals surface area contributed by atoms with Crippen LogP contribution in [0, 0.1) is 11.7 Å². The fraction of sp³-hybridized carbons (Fsp3) is 0.312. The molecule has 2 amide bonds. The molecule has 1 fully saturated rings. The van der Waals surface area contributed by atoms with E-state index >= 15 is 0 Å². The monoisotopic (exact) mass is 316 g/mol. The van der Waals surface area contributed by atoms with E-state index in [-0.39, 0.29) is 24.8 Å². The molecule has 0 unspecified atom stereocenters. The maximum Gasteiger partial charge on any atom is 0.227 e. The zero-order chi connectivity index (χ0) is 16.2. The molecule has 120 valence electrons. The number of carbonyl (C=O) groups excluding carboxylic acids is 2. The second-order valence-electron chi connectivity index (χ2n) is 5.48. The number of benzene rings is 1. The van der Waals surface area contributed by atoms with Crippen LogP contribution < -0.4 is 10.2 Å². The van der Waals surface area contributed by atoms with Crippen LogP contribution in [0.15, 0.2) is 43.0 Å². The highest BCUT2D eigenvalue weighted by atomic mass is 19.1. The summed E-state index contributed by atoms with van der Waals surface area (Å²) < 4.78 is 15.1. The van der Waals surface area contributed by atoms with Crippen LogP contribution >= 0.6 is 0 Å². The third kappa shape index (κ3) is 3.56. The summed E-state index contributed by atoms with van der Waals surface area (Å²) in [4.78, 5) is 29.6. The Balaban J connectivity index is 1.55. The van der Waals surface area contributed by atoms with Crippen LogP contribution in [-0.2, 0) is 16.1 Å². The lowest BCUT2D eigenvalue weighted by atomic mass is 10.1. The first-order chi connectivity index (χ1) is 11.1. The van der Waals surface area contributed by atoms with E-state index in [1.54, 1.807) is 24.7 Å². The first-order valence-corrected chi connectivity index (χ1v) is 7.43. The van der Waals surface area contributed by atoms with Crippen LogP contribution in [0.5, 0.6) is 0 Å². The summed E-state index contributed by atoms with van der Waals surface area (Å²) in [6.07, 6.45) is 5.32. The van der Waals surface area contributed by atoms with Crippen molar-refractivity contribution in [3.05, 3.63) is 48.8 Å². The van der Waals surface area contributed by atoms with Crippen LogP contribution in [0.4, 0.5) is 10.1 Å². The SMILES string of the molecule is O=C(NCCn1ccnc1)[C@@H]1CC(=O)N(c2cccc(F)c2)C1. The van der Waals surface area contributed by atoms with Crippen molar-refractivity contribution in [2.24, 2.45) is 5.92 Å². The third-order valence-electron chi connectivity index (χ3n) is 3.84. The smallest absolute Gasteiger partial charge is 0.227 e. The van der Waals surface area contributed by atoms with E-state index in [1.807, 2.05) is 10.8 Å². The molecule has 0 spiro atoms. The molecule has 6 nitrogen and oxygen atoms in total. The van der Waals surface area contributed by atoms with Crippen LogP contribution in [-0.4, -0.2) is 34.5 Å². The van der Waals surface area contributed by atoms with Crippen molar-refractivity contribution in [1.82, 2.24) is 14.9 Å². The van der Waals surface area contributed by atoms with Crippen molar-refractivity contribution in [2.75, 3.05) is 18.0 Å². The van der Waals surface area contributed by atoms with E-state index in [9.17, 15) is 14.0 Å². The molecular formula is C16H17FN4O2. The molecule has 2 aromatic rings. The first kappa shape index (κ1) is 15.2. The molecule has 1 N–H and O–H groups in total. The van der Waals surface area contributed by atoms with E-state index in [1.165, 1.54) is 17.0 Å². The largest absolute Gasteiger partial charge is 0.354 e. The number of nitrogens with one attached hydrogen (secondary N) is 1. The van der Waals surface area contributed by atoms with E-state index in [2.05, 4.69) is 10.3 Å². The van der Waals surface area contributed by atoms with Gasteiger partial charge in [-0.2, -0.15) is 0 Å². The topological polar surface area (TPSA) is 67.2 Å². The lowest BCUT2D eigenvalue weighted by molar-refractivity contribution is -0.126. The minimum atomic E-state index is -0.409. The van der Waals surface area contributed by atoms with Gasteiger partial charge in [0.2, 0.25) is 11.8 Å². The zero-order valence-corrected chi connectivity index (χ0v) is 12.5. The van der Waals surface area contributed by atoms with Gasteiger partial charge in [-0.25, -0.2) is 9.37 Å². The van der Waals surface area contributed by atoms with Gasteiger partial charge in [-0.15, -0.1) is 0 Å². The van der Waals surface area contributed by atoms with Crippen LogP contribution in [0.2, 0.25) is 0 Å². The minimum Gasteiger partial charge on any atom is -0.354 e. The standard InChI is InChI=1S/C16H17FN4O2/c17-13-2-1-3-14(9-13)21-10-12(8-15(21)22)16(23)19-5-7-20-6-4-18-11-20/h1-4,6,9,11-12H,5,7-8,10H2,(H,19,23)/t12-/m1/s1. The molecule has 2 heterocycles. The molecule has 1 saturated heterocycles. The number of aromatic nitrogens is 2. The number of imidazole rings is 1. The number of halogens is 1. The van der Waals surface area contributed by atoms with Crippen LogP contribution in [0.3, 0.4) is 0 Å². The quantitative estimate of drug-likeness (QED) is 0.901. The molecule has 0 bridgehead atoms. The molecule has 1 atom stereocenters. The molecule has 0 aliphatic carbocycles. The Hall–Kier alpha value is -2.70. The summed E-state index contributed by atoms with van der Waals surface area (Å²) in [6, 6.07) is 5.85. The Kier molecular flexibility index (Phi) is 4.36. The summed E-state index contributed by atoms with van der Waals surface area (Å²) in [5, 5.41) is 2.83. The molecule has 3 rings (SSSR count). The van der Waals surface area contributed by atoms with Gasteiger partial charge in [0.25, 0.3) is 0 Å². The lowest BCUT2D eigenvalue weighted by Crippen LogP contribution is -2.34. The number of nitrogens with zero attached hydrogens (tertiary/aromatic N) is 3. The van der Waals surface area contributed by atoms with Crippen molar-refractivity contribution >= 4 is 17.5 Å². The Morgan fingerprint density at radius 3 is 3.04 bits per heavy atom. The molecule has 1 aliphatic rings. The van der Waals surface area contributed by atoms with Crippen molar-refractivity contribution in [2.45, 2.75) is 13.0 Å². The van der Waals surface area contributed by atoms with Crippen LogP contribution in [0.1, 0.15) is 6.42 Å². The number of carbonyl (C=O) groups is 2. The minimum absolute atomic E-state index is 0.146. The average Bonchev–Trinajstić information content (AvgIpc) is 3.16. The van der Waals surface area contributed by atoms with Gasteiger partial charge in [0.1, 0.15) is 5.82 Å². The second kappa shape index (κ2) is 6.60. The van der Waals surface area contributed by atoms with Crippen molar-refractivity contribution in [3.8, 4) is 0 Å². The molecule has 23 heavy (non-hydrogen) atoms. The maximum atomic E-state index is 13.3.